The maximum atomic E-state index is 5.77. The molecular formula is C53H35N3S. The Balaban J connectivity index is 1.23. The molecule has 1 aliphatic rings. The maximum Gasteiger partial charge on any atom is 0.147 e. The average molecular weight is 746 g/mol. The summed E-state index contributed by atoms with van der Waals surface area (Å²) in [6, 6.07) is 66.6. The van der Waals surface area contributed by atoms with E-state index in [1.54, 1.807) is 0 Å². The molecule has 0 amide bonds. The van der Waals surface area contributed by atoms with Crippen LogP contribution in [0.3, 0.4) is 0 Å². The molecule has 1 N–H and O–H groups in total. The molecule has 3 nitrogen and oxygen atoms in total. The lowest BCUT2D eigenvalue weighted by atomic mass is 9.92. The van der Waals surface area contributed by atoms with Crippen molar-refractivity contribution < 1.29 is 0 Å². The van der Waals surface area contributed by atoms with Crippen molar-refractivity contribution in [1.82, 2.24) is 9.88 Å². The summed E-state index contributed by atoms with van der Waals surface area (Å²) in [4.78, 5) is 5.77. The van der Waals surface area contributed by atoms with Crippen molar-refractivity contribution in [2.24, 2.45) is 4.99 Å². The van der Waals surface area contributed by atoms with E-state index in [4.69, 9.17) is 4.99 Å². The molecule has 4 heteroatoms. The highest BCUT2D eigenvalue weighted by atomic mass is 32.1. The van der Waals surface area contributed by atoms with Gasteiger partial charge in [0, 0.05) is 47.8 Å². The number of allylic oxidation sites excluding steroid dienone is 1. The fourth-order valence-electron chi connectivity index (χ4n) is 9.28. The summed E-state index contributed by atoms with van der Waals surface area (Å²) in [6.07, 6.45) is -0.385. The summed E-state index contributed by atoms with van der Waals surface area (Å²) in [6.45, 7) is 2.21. The summed E-state index contributed by atoms with van der Waals surface area (Å²) in [5.41, 5.74) is 10.2. The molecule has 0 spiro atoms. The lowest BCUT2D eigenvalue weighted by molar-refractivity contribution is 0.658. The number of nitrogens with one attached hydrogen (secondary N) is 1. The number of benzene rings is 9. The van der Waals surface area contributed by atoms with Crippen molar-refractivity contribution in [1.29, 1.82) is 0 Å². The van der Waals surface area contributed by atoms with Gasteiger partial charge < -0.3 is 9.88 Å². The minimum absolute atomic E-state index is 0.385. The first-order chi connectivity index (χ1) is 28.2. The normalized spacial score (nSPS) is 14.8. The number of thiophene rings is 1. The third-order valence-electron chi connectivity index (χ3n) is 11.9. The molecule has 9 aromatic carbocycles. The molecule has 1 atom stereocenters. The van der Waals surface area contributed by atoms with Gasteiger partial charge in [0.15, 0.2) is 0 Å². The van der Waals surface area contributed by atoms with Gasteiger partial charge in [-0.25, -0.2) is 0 Å². The maximum absolute atomic E-state index is 5.77. The van der Waals surface area contributed by atoms with Crippen LogP contribution in [0.5, 0.6) is 0 Å². The Bertz CT molecular complexity index is 3410. The zero-order valence-corrected chi connectivity index (χ0v) is 32.0. The third kappa shape index (κ3) is 4.94. The molecule has 12 rings (SSSR count). The van der Waals surface area contributed by atoms with E-state index < -0.39 is 0 Å². The monoisotopic (exact) mass is 745 g/mol. The van der Waals surface area contributed by atoms with E-state index in [0.29, 0.717) is 0 Å². The van der Waals surface area contributed by atoms with Crippen LogP contribution in [0, 0.1) is 0 Å². The number of hydrogen-bond acceptors (Lipinski definition) is 3. The summed E-state index contributed by atoms with van der Waals surface area (Å²) < 4.78 is 5.10. The zero-order chi connectivity index (χ0) is 37.6. The van der Waals surface area contributed by atoms with Gasteiger partial charge in [-0.1, -0.05) is 146 Å². The van der Waals surface area contributed by atoms with Crippen molar-refractivity contribution in [3.05, 3.63) is 204 Å². The second kappa shape index (κ2) is 12.5. The predicted molar refractivity (Wildman–Crippen MR) is 244 cm³/mol. The highest BCUT2D eigenvalue weighted by Crippen LogP contribution is 2.46. The highest BCUT2D eigenvalue weighted by molar-refractivity contribution is 7.25. The first-order valence-electron chi connectivity index (χ1n) is 19.6. The molecule has 3 heterocycles. The number of aliphatic imine (C=N–C) groups is 1. The largest absolute Gasteiger partial charge is 0.359 e. The second-order valence-electron chi connectivity index (χ2n) is 15.2. The van der Waals surface area contributed by atoms with Crippen molar-refractivity contribution in [3.8, 4) is 5.69 Å². The zero-order valence-electron chi connectivity index (χ0n) is 31.2. The van der Waals surface area contributed by atoms with Crippen LogP contribution in [0.4, 0.5) is 0 Å². The van der Waals surface area contributed by atoms with Gasteiger partial charge in [0.05, 0.1) is 22.4 Å². The summed E-state index contributed by atoms with van der Waals surface area (Å²) in [5.74, 6) is 0. The Hall–Kier alpha value is -7.01. The van der Waals surface area contributed by atoms with Crippen LogP contribution in [0.15, 0.2) is 193 Å². The van der Waals surface area contributed by atoms with Crippen molar-refractivity contribution in [2.75, 3.05) is 0 Å². The van der Waals surface area contributed by atoms with Gasteiger partial charge in [-0.15, -0.1) is 11.3 Å². The quantitative estimate of drug-likeness (QED) is 0.191. The van der Waals surface area contributed by atoms with Gasteiger partial charge in [-0.2, -0.15) is 0 Å². The van der Waals surface area contributed by atoms with Gasteiger partial charge >= 0.3 is 0 Å². The smallest absolute Gasteiger partial charge is 0.147 e. The molecule has 0 saturated carbocycles. The fraction of sp³-hybridized carbons (Fsp3) is 0.0377. The molecule has 0 aliphatic carbocycles. The molecule has 0 radical (unpaired) electrons. The number of hydrogen-bond donors (Lipinski definition) is 1. The van der Waals surface area contributed by atoms with Crippen molar-refractivity contribution >= 4 is 97.0 Å². The minimum atomic E-state index is -0.385. The van der Waals surface area contributed by atoms with E-state index >= 15 is 0 Å². The van der Waals surface area contributed by atoms with Gasteiger partial charge in [0.25, 0.3) is 0 Å². The molecule has 268 valence electrons. The molecule has 57 heavy (non-hydrogen) atoms. The van der Waals surface area contributed by atoms with E-state index in [9.17, 15) is 0 Å². The van der Waals surface area contributed by atoms with Gasteiger partial charge in [0.2, 0.25) is 0 Å². The first-order valence-corrected chi connectivity index (χ1v) is 20.4. The third-order valence-corrected chi connectivity index (χ3v) is 13.1. The number of nitrogens with zero attached hydrogens (tertiary/aromatic N) is 2. The van der Waals surface area contributed by atoms with Gasteiger partial charge in [-0.3, -0.25) is 4.99 Å². The molecular weight excluding hydrogens is 711 g/mol. The van der Waals surface area contributed by atoms with Crippen LogP contribution in [0.1, 0.15) is 29.8 Å². The predicted octanol–water partition coefficient (Wildman–Crippen LogP) is 14.1. The molecule has 0 bridgehead atoms. The van der Waals surface area contributed by atoms with Gasteiger partial charge in [0.1, 0.15) is 6.17 Å². The SMILES string of the molecule is CC1=C(c2ccccc2)NC(c2ccc3sc4ccccc4c3c2-n2c3cc4ccccc4cc3c3cc4ccccc4cc32)N=C1c1cccc2ccccc12. The van der Waals surface area contributed by atoms with Crippen molar-refractivity contribution in [2.45, 2.75) is 13.1 Å². The standard InChI is InChI=1S/C53H35N3S/c1-32-50(34-15-3-2-4-16-34)54-53(55-51(32)40-24-13-21-33-14-9-10-22-39(33)40)42-26-27-48-49(41-23-11-12-25-47(41)57-48)52(42)56-45-30-37-19-7-5-17-35(37)28-43(45)44-29-36-18-6-8-20-38(36)31-46(44)56/h2-31,53-54H,1H3. The lowest BCUT2D eigenvalue weighted by Gasteiger charge is -2.30. The van der Waals surface area contributed by atoms with E-state index in [2.05, 4.69) is 199 Å². The van der Waals surface area contributed by atoms with Crippen LogP contribution < -0.4 is 5.32 Å². The Morgan fingerprint density at radius 3 is 1.79 bits per heavy atom. The Labute approximate surface area is 333 Å². The Morgan fingerprint density at radius 2 is 1.09 bits per heavy atom. The molecule has 11 aromatic rings. The average Bonchev–Trinajstić information content (AvgIpc) is 3.79. The number of fused-ring (bicyclic) bond motifs is 9. The molecule has 0 fully saturated rings. The number of aromatic nitrogens is 1. The van der Waals surface area contributed by atoms with Crippen LogP contribution in [-0.2, 0) is 0 Å². The van der Waals surface area contributed by atoms with Gasteiger partial charge in [-0.05, 0) is 86.8 Å². The van der Waals surface area contributed by atoms with Crippen LogP contribution in [0.2, 0.25) is 0 Å². The van der Waals surface area contributed by atoms with E-state index in [-0.39, 0.29) is 6.17 Å². The highest BCUT2D eigenvalue weighted by Gasteiger charge is 2.29. The van der Waals surface area contributed by atoms with E-state index in [1.807, 2.05) is 11.3 Å². The topological polar surface area (TPSA) is 29.3 Å². The Morgan fingerprint density at radius 1 is 0.509 bits per heavy atom. The summed E-state index contributed by atoms with van der Waals surface area (Å²) in [7, 11) is 0. The second-order valence-corrected chi connectivity index (χ2v) is 16.2. The molecule has 1 unspecified atom stereocenters. The summed E-state index contributed by atoms with van der Waals surface area (Å²) >= 11 is 1.86. The Kier molecular flexibility index (Phi) is 7.08. The lowest BCUT2D eigenvalue weighted by Crippen LogP contribution is -2.28. The van der Waals surface area contributed by atoms with Crippen LogP contribution in [0.25, 0.3) is 85.7 Å². The molecule has 2 aromatic heterocycles. The molecule has 1 aliphatic heterocycles. The van der Waals surface area contributed by atoms with Crippen molar-refractivity contribution in [3.63, 3.8) is 0 Å². The molecule has 0 saturated heterocycles. The first kappa shape index (κ1) is 32.3. The fourth-order valence-corrected chi connectivity index (χ4v) is 10.4. The van der Waals surface area contributed by atoms with Crippen LogP contribution in [-0.4, -0.2) is 10.3 Å². The van der Waals surface area contributed by atoms with Crippen LogP contribution >= 0.6 is 11.3 Å². The number of rotatable bonds is 4. The minimum Gasteiger partial charge on any atom is -0.359 e. The van der Waals surface area contributed by atoms with E-state index in [0.717, 1.165) is 33.7 Å². The summed E-state index contributed by atoms with van der Waals surface area (Å²) in [5, 5.41) is 16.4. The van der Waals surface area contributed by atoms with E-state index in [1.165, 1.54) is 80.0 Å².